The van der Waals surface area contributed by atoms with Crippen LogP contribution in [-0.2, 0) is 20.8 Å². The van der Waals surface area contributed by atoms with E-state index in [4.69, 9.17) is 10.8 Å². The third-order valence-corrected chi connectivity index (χ3v) is 5.07. The molecule has 0 spiro atoms. The van der Waals surface area contributed by atoms with E-state index >= 15 is 0 Å². The Kier molecular flexibility index (Phi) is 5.96. The number of nitrogens with one attached hydrogen (secondary N) is 2. The van der Waals surface area contributed by atoms with Gasteiger partial charge in [0.1, 0.15) is 18.1 Å². The highest BCUT2D eigenvalue weighted by Gasteiger charge is 2.38. The summed E-state index contributed by atoms with van der Waals surface area (Å²) in [7, 11) is 0. The number of amides is 2. The second kappa shape index (κ2) is 8.41. The summed E-state index contributed by atoms with van der Waals surface area (Å²) in [6.45, 7) is -0.233. The number of aromatic nitrogens is 1. The lowest BCUT2D eigenvalue weighted by atomic mass is 10.0. The number of aliphatic carboxylic acids is 1. The maximum absolute atomic E-state index is 13.1. The third kappa shape index (κ3) is 4.00. The Morgan fingerprint density at radius 1 is 1.32 bits per heavy atom. The van der Waals surface area contributed by atoms with E-state index in [2.05, 4.69) is 10.3 Å². The third-order valence-electron chi connectivity index (χ3n) is 5.07. The zero-order valence-corrected chi connectivity index (χ0v) is 15.3. The van der Waals surface area contributed by atoms with Crippen molar-refractivity contribution in [2.45, 2.75) is 37.4 Å². The molecule has 1 aliphatic rings. The number of fused-ring (bicyclic) bond motifs is 1. The first-order valence-corrected chi connectivity index (χ1v) is 9.17. The minimum atomic E-state index is -1.16. The zero-order chi connectivity index (χ0) is 20.3. The quantitative estimate of drug-likeness (QED) is 0.435. The lowest BCUT2D eigenvalue weighted by molar-refractivity contribution is -0.149. The van der Waals surface area contributed by atoms with Crippen molar-refractivity contribution in [3.63, 3.8) is 0 Å². The molecule has 3 atom stereocenters. The van der Waals surface area contributed by atoms with Crippen LogP contribution in [-0.4, -0.2) is 69.2 Å². The van der Waals surface area contributed by atoms with Crippen LogP contribution >= 0.6 is 0 Å². The number of carboxylic acids is 1. The summed E-state index contributed by atoms with van der Waals surface area (Å²) in [6, 6.07) is 4.52. The Morgan fingerprint density at radius 2 is 2.07 bits per heavy atom. The van der Waals surface area contributed by atoms with E-state index in [0.717, 1.165) is 16.5 Å². The molecule has 1 aliphatic heterocycles. The van der Waals surface area contributed by atoms with E-state index in [1.165, 1.54) is 4.90 Å². The summed E-state index contributed by atoms with van der Waals surface area (Å²) in [5.41, 5.74) is 7.28. The predicted octanol–water partition coefficient (Wildman–Crippen LogP) is -0.410. The van der Waals surface area contributed by atoms with Gasteiger partial charge < -0.3 is 31.1 Å². The molecule has 9 heteroatoms. The van der Waals surface area contributed by atoms with Crippen LogP contribution in [0.4, 0.5) is 0 Å². The van der Waals surface area contributed by atoms with Crippen LogP contribution in [0.2, 0.25) is 0 Å². The Morgan fingerprint density at radius 3 is 2.79 bits per heavy atom. The SMILES string of the molecule is NC(CO)C(=O)NC(Cc1c[nH]c2ccccc12)C(=O)N1CCCC1C(=O)O. The molecule has 2 amide bonds. The van der Waals surface area contributed by atoms with Crippen molar-refractivity contribution in [2.24, 2.45) is 5.73 Å². The number of aliphatic hydroxyl groups is 1. The fourth-order valence-corrected chi connectivity index (χ4v) is 3.57. The number of nitrogens with zero attached hydrogens (tertiary/aromatic N) is 1. The number of carbonyl (C=O) groups excluding carboxylic acids is 2. The van der Waals surface area contributed by atoms with Gasteiger partial charge in [-0.1, -0.05) is 18.2 Å². The number of carbonyl (C=O) groups is 3. The summed E-state index contributed by atoms with van der Waals surface area (Å²) in [4.78, 5) is 41.2. The maximum Gasteiger partial charge on any atom is 0.326 e. The summed E-state index contributed by atoms with van der Waals surface area (Å²) >= 11 is 0. The summed E-state index contributed by atoms with van der Waals surface area (Å²) < 4.78 is 0. The van der Waals surface area contributed by atoms with Crippen molar-refractivity contribution in [1.82, 2.24) is 15.2 Å². The summed E-state index contributed by atoms with van der Waals surface area (Å²) in [6.07, 6.45) is 2.91. The number of para-hydroxylation sites is 1. The molecular formula is C19H24N4O5. The van der Waals surface area contributed by atoms with Gasteiger partial charge in [-0.25, -0.2) is 4.79 Å². The molecule has 3 rings (SSSR count). The number of carboxylic acid groups (broad SMARTS) is 1. The van der Waals surface area contributed by atoms with Crippen LogP contribution in [0, 0.1) is 0 Å². The highest BCUT2D eigenvalue weighted by Crippen LogP contribution is 2.22. The van der Waals surface area contributed by atoms with Crippen molar-refractivity contribution in [3.05, 3.63) is 36.0 Å². The first kappa shape index (κ1) is 19.8. The van der Waals surface area contributed by atoms with Crippen LogP contribution in [0.1, 0.15) is 18.4 Å². The van der Waals surface area contributed by atoms with E-state index < -0.39 is 42.5 Å². The average molecular weight is 388 g/mol. The molecule has 6 N–H and O–H groups in total. The van der Waals surface area contributed by atoms with E-state index in [1.54, 1.807) is 6.20 Å². The van der Waals surface area contributed by atoms with Crippen molar-refractivity contribution in [1.29, 1.82) is 0 Å². The van der Waals surface area contributed by atoms with Gasteiger partial charge in [0.2, 0.25) is 11.8 Å². The monoisotopic (exact) mass is 388 g/mol. The van der Waals surface area contributed by atoms with Crippen molar-refractivity contribution < 1.29 is 24.6 Å². The van der Waals surface area contributed by atoms with E-state index in [-0.39, 0.29) is 6.42 Å². The van der Waals surface area contributed by atoms with Crippen LogP contribution in [0.25, 0.3) is 10.9 Å². The second-order valence-corrected chi connectivity index (χ2v) is 6.94. The highest BCUT2D eigenvalue weighted by molar-refractivity contribution is 5.93. The highest BCUT2D eigenvalue weighted by atomic mass is 16.4. The van der Waals surface area contributed by atoms with E-state index in [0.29, 0.717) is 19.4 Å². The molecule has 1 aromatic heterocycles. The molecular weight excluding hydrogens is 364 g/mol. The average Bonchev–Trinajstić information content (AvgIpc) is 3.33. The van der Waals surface area contributed by atoms with Gasteiger partial charge in [0.25, 0.3) is 0 Å². The van der Waals surface area contributed by atoms with Gasteiger partial charge in [0, 0.05) is 30.1 Å². The number of hydrogen-bond donors (Lipinski definition) is 5. The fourth-order valence-electron chi connectivity index (χ4n) is 3.57. The lowest BCUT2D eigenvalue weighted by Crippen LogP contribution is -2.55. The smallest absolute Gasteiger partial charge is 0.326 e. The topological polar surface area (TPSA) is 149 Å². The molecule has 0 bridgehead atoms. The number of nitrogens with two attached hydrogens (primary N) is 1. The van der Waals surface area contributed by atoms with Gasteiger partial charge >= 0.3 is 5.97 Å². The number of aromatic amines is 1. The summed E-state index contributed by atoms with van der Waals surface area (Å²) in [5.74, 6) is -2.18. The second-order valence-electron chi connectivity index (χ2n) is 6.94. The molecule has 2 heterocycles. The molecule has 9 nitrogen and oxygen atoms in total. The molecule has 28 heavy (non-hydrogen) atoms. The van der Waals surface area contributed by atoms with Crippen molar-refractivity contribution >= 4 is 28.7 Å². The standard InChI is InChI=1S/C19H24N4O5/c20-13(10-24)17(25)22-15(18(26)23-7-3-6-16(23)19(27)28)8-11-9-21-14-5-2-1-4-12(11)14/h1-2,4-5,9,13,15-16,21,24H,3,6-8,10,20H2,(H,22,25)(H,27,28). The molecule has 0 saturated carbocycles. The number of likely N-dealkylation sites (tertiary alicyclic amines) is 1. The molecule has 0 aliphatic carbocycles. The van der Waals surface area contributed by atoms with Gasteiger partial charge in [-0.05, 0) is 24.5 Å². The van der Waals surface area contributed by atoms with E-state index in [9.17, 15) is 19.5 Å². The maximum atomic E-state index is 13.1. The number of aliphatic hydroxyl groups excluding tert-OH is 1. The van der Waals surface area contributed by atoms with Gasteiger partial charge in [0.15, 0.2) is 0 Å². The minimum absolute atomic E-state index is 0.176. The first-order valence-electron chi connectivity index (χ1n) is 9.17. The molecule has 1 aromatic carbocycles. The van der Waals surface area contributed by atoms with Gasteiger partial charge in [-0.3, -0.25) is 9.59 Å². The minimum Gasteiger partial charge on any atom is -0.480 e. The number of H-pyrrole nitrogens is 1. The van der Waals surface area contributed by atoms with Gasteiger partial charge in [-0.2, -0.15) is 0 Å². The normalized spacial score (nSPS) is 18.8. The number of benzene rings is 1. The number of hydrogen-bond acceptors (Lipinski definition) is 5. The van der Waals surface area contributed by atoms with Crippen LogP contribution in [0.3, 0.4) is 0 Å². The van der Waals surface area contributed by atoms with Crippen LogP contribution in [0.15, 0.2) is 30.5 Å². The molecule has 1 fully saturated rings. The van der Waals surface area contributed by atoms with Crippen LogP contribution in [0.5, 0.6) is 0 Å². The predicted molar refractivity (Wildman–Crippen MR) is 101 cm³/mol. The summed E-state index contributed by atoms with van der Waals surface area (Å²) in [5, 5.41) is 22.0. The molecule has 2 aromatic rings. The van der Waals surface area contributed by atoms with E-state index in [1.807, 2.05) is 24.3 Å². The molecule has 150 valence electrons. The lowest BCUT2D eigenvalue weighted by Gasteiger charge is -2.28. The Hall–Kier alpha value is -2.91. The zero-order valence-electron chi connectivity index (χ0n) is 15.3. The molecule has 1 saturated heterocycles. The Bertz CT molecular complexity index is 880. The Labute approximate surface area is 161 Å². The van der Waals surface area contributed by atoms with Crippen molar-refractivity contribution in [3.8, 4) is 0 Å². The van der Waals surface area contributed by atoms with Crippen LogP contribution < -0.4 is 11.1 Å². The number of rotatable bonds is 7. The van der Waals surface area contributed by atoms with Gasteiger partial charge in [0.05, 0.1) is 6.61 Å². The largest absolute Gasteiger partial charge is 0.480 e. The van der Waals surface area contributed by atoms with Gasteiger partial charge in [-0.15, -0.1) is 0 Å². The molecule has 3 unspecified atom stereocenters. The van der Waals surface area contributed by atoms with Crippen molar-refractivity contribution in [2.75, 3.05) is 13.2 Å². The first-order chi connectivity index (χ1) is 13.4. The molecule has 0 radical (unpaired) electrons. The Balaban J connectivity index is 1.87. The fraction of sp³-hybridized carbons (Fsp3) is 0.421.